The summed E-state index contributed by atoms with van der Waals surface area (Å²) in [5.74, 6) is 0.185. The normalized spacial score (nSPS) is 17.2. The molecule has 1 fully saturated rings. The lowest BCUT2D eigenvalue weighted by molar-refractivity contribution is -0.143. The minimum atomic E-state index is -5.08. The number of likely N-dealkylation sites (tertiary alicyclic amines) is 1. The highest BCUT2D eigenvalue weighted by molar-refractivity contribution is 5.42. The van der Waals surface area contributed by atoms with Crippen LogP contribution in [0.5, 0.6) is 0 Å². The van der Waals surface area contributed by atoms with Crippen LogP contribution < -0.4 is 4.90 Å². The minimum Gasteiger partial charge on any atom is -0.330 e. The highest BCUT2D eigenvalue weighted by atomic mass is 19.4. The maximum atomic E-state index is 13.9. The number of nitrogens with zero attached hydrogens (tertiary/aromatic N) is 7. The maximum Gasteiger partial charge on any atom is 0.416 e. The van der Waals surface area contributed by atoms with Crippen molar-refractivity contribution in [3.05, 3.63) is 69.8 Å². The van der Waals surface area contributed by atoms with E-state index >= 15 is 0 Å². The van der Waals surface area contributed by atoms with Crippen molar-refractivity contribution < 1.29 is 39.5 Å². The van der Waals surface area contributed by atoms with Crippen molar-refractivity contribution in [3.63, 3.8) is 0 Å². The fourth-order valence-electron chi connectivity index (χ4n) is 6.03. The molecule has 0 bridgehead atoms. The van der Waals surface area contributed by atoms with Crippen LogP contribution in [0.25, 0.3) is 0 Å². The van der Waals surface area contributed by atoms with Crippen molar-refractivity contribution in [2.24, 2.45) is 13.0 Å². The van der Waals surface area contributed by atoms with E-state index in [-0.39, 0.29) is 35.7 Å². The zero-order valence-corrected chi connectivity index (χ0v) is 25.8. The molecule has 2 unspecified atom stereocenters. The van der Waals surface area contributed by atoms with Crippen LogP contribution in [0.3, 0.4) is 0 Å². The summed E-state index contributed by atoms with van der Waals surface area (Å²) in [6.45, 7) is 6.53. The summed E-state index contributed by atoms with van der Waals surface area (Å²) in [5.41, 5.74) is -3.60. The first kappa shape index (κ1) is 35.5. The fraction of sp³-hybridized carbons (Fsp3) is 0.567. The molecule has 2 aromatic carbocycles. The highest BCUT2D eigenvalue weighted by Gasteiger charge is 2.38. The van der Waals surface area contributed by atoms with Gasteiger partial charge < -0.3 is 9.80 Å². The Labute approximate surface area is 260 Å². The zero-order chi connectivity index (χ0) is 34.0. The third kappa shape index (κ3) is 8.69. The first-order valence-electron chi connectivity index (χ1n) is 14.8. The van der Waals surface area contributed by atoms with Gasteiger partial charge in [0.25, 0.3) is 5.95 Å². The van der Waals surface area contributed by atoms with Gasteiger partial charge in [0.15, 0.2) is 0 Å². The molecule has 2 heterocycles. The second-order valence-electron chi connectivity index (χ2n) is 11.7. The van der Waals surface area contributed by atoms with Crippen molar-refractivity contribution >= 4 is 5.95 Å². The Morgan fingerprint density at radius 3 is 2.00 bits per heavy atom. The molecule has 4 rings (SSSR count). The molecule has 1 aromatic heterocycles. The standard InChI is InChI=1S/C30H36F9N7/c1-5-26(43(3)15-19-9-10-45(6-2)16-19)25-8-7-22(28(31,32)33)13-21(25)18-46(27-40-42-44(4)41-27)17-20-11-23(29(34,35)36)14-24(12-20)30(37,38)39/h7-8,11-14,19,26H,5-6,9-10,15-18H2,1-4H3. The van der Waals surface area contributed by atoms with Gasteiger partial charge in [-0.15, -0.1) is 5.10 Å². The second kappa shape index (κ2) is 13.8. The Morgan fingerprint density at radius 1 is 0.870 bits per heavy atom. The summed E-state index contributed by atoms with van der Waals surface area (Å²) in [6, 6.07) is 4.20. The third-order valence-electron chi connectivity index (χ3n) is 8.27. The van der Waals surface area contributed by atoms with Crippen LogP contribution in [0.1, 0.15) is 66.1 Å². The van der Waals surface area contributed by atoms with Gasteiger partial charge in [0.1, 0.15) is 0 Å². The van der Waals surface area contributed by atoms with Crippen molar-refractivity contribution in [1.29, 1.82) is 0 Å². The summed E-state index contributed by atoms with van der Waals surface area (Å²) < 4.78 is 123. The number of halogens is 9. The number of hydrogen-bond acceptors (Lipinski definition) is 6. The first-order chi connectivity index (χ1) is 21.4. The van der Waals surface area contributed by atoms with E-state index in [1.54, 1.807) is 0 Å². The van der Waals surface area contributed by atoms with Crippen LogP contribution >= 0.6 is 0 Å². The molecule has 46 heavy (non-hydrogen) atoms. The summed E-state index contributed by atoms with van der Waals surface area (Å²) in [6.07, 6.45) is -13.3. The van der Waals surface area contributed by atoms with Crippen molar-refractivity contribution in [2.75, 3.05) is 38.1 Å². The van der Waals surface area contributed by atoms with E-state index < -0.39 is 41.8 Å². The third-order valence-corrected chi connectivity index (χ3v) is 8.27. The van der Waals surface area contributed by atoms with Crippen LogP contribution in [-0.2, 0) is 38.7 Å². The number of alkyl halides is 9. The van der Waals surface area contributed by atoms with Gasteiger partial charge >= 0.3 is 18.5 Å². The summed E-state index contributed by atoms with van der Waals surface area (Å²) in [5, 5.41) is 11.7. The minimum absolute atomic E-state index is 0.0189. The van der Waals surface area contributed by atoms with E-state index in [2.05, 4.69) is 32.1 Å². The van der Waals surface area contributed by atoms with E-state index in [0.29, 0.717) is 36.6 Å². The molecule has 0 amide bonds. The zero-order valence-electron chi connectivity index (χ0n) is 25.8. The first-order valence-corrected chi connectivity index (χ1v) is 14.8. The molecule has 1 saturated heterocycles. The number of anilines is 1. The van der Waals surface area contributed by atoms with Crippen LogP contribution in [0.15, 0.2) is 36.4 Å². The fourth-order valence-corrected chi connectivity index (χ4v) is 6.03. The van der Waals surface area contributed by atoms with E-state index in [4.69, 9.17) is 0 Å². The number of rotatable bonds is 11. The van der Waals surface area contributed by atoms with Gasteiger partial charge in [0, 0.05) is 32.2 Å². The Kier molecular flexibility index (Phi) is 10.6. The highest BCUT2D eigenvalue weighted by Crippen LogP contribution is 2.38. The summed E-state index contributed by atoms with van der Waals surface area (Å²) in [7, 11) is 3.30. The van der Waals surface area contributed by atoms with Crippen molar-refractivity contribution in [2.45, 2.75) is 64.3 Å². The van der Waals surface area contributed by atoms with E-state index in [1.165, 1.54) is 18.0 Å². The molecule has 0 spiro atoms. The number of aromatic nitrogens is 4. The lowest BCUT2D eigenvalue weighted by Crippen LogP contribution is -2.33. The lowest BCUT2D eigenvalue weighted by Gasteiger charge is -2.33. The second-order valence-corrected chi connectivity index (χ2v) is 11.7. The Bertz CT molecular complexity index is 1430. The summed E-state index contributed by atoms with van der Waals surface area (Å²) in [4.78, 5) is 6.67. The van der Waals surface area contributed by atoms with Gasteiger partial charge in [-0.3, -0.25) is 4.90 Å². The van der Waals surface area contributed by atoms with Crippen LogP contribution in [0, 0.1) is 5.92 Å². The average Bonchev–Trinajstić information content (AvgIpc) is 3.60. The van der Waals surface area contributed by atoms with Gasteiger partial charge in [-0.25, -0.2) is 0 Å². The topological polar surface area (TPSA) is 53.3 Å². The van der Waals surface area contributed by atoms with Crippen molar-refractivity contribution in [3.8, 4) is 0 Å². The SMILES string of the molecule is CCC(c1ccc(C(F)(F)F)cc1CN(Cc1cc(C(F)(F)F)cc(C(F)(F)F)c1)c1nnn(C)n1)N(C)CC1CCN(CC)C1. The molecule has 0 radical (unpaired) electrons. The monoisotopic (exact) mass is 665 g/mol. The molecular weight excluding hydrogens is 629 g/mol. The molecular formula is C30H36F9N7. The van der Waals surface area contributed by atoms with E-state index in [1.807, 2.05) is 14.0 Å². The Morgan fingerprint density at radius 2 is 1.50 bits per heavy atom. The lowest BCUT2D eigenvalue weighted by atomic mass is 9.93. The number of aryl methyl sites for hydroxylation is 1. The van der Waals surface area contributed by atoms with Gasteiger partial charge in [0.2, 0.25) is 0 Å². The molecule has 3 aromatic rings. The quantitative estimate of drug-likeness (QED) is 0.202. The largest absolute Gasteiger partial charge is 0.416 e. The molecule has 0 N–H and O–H groups in total. The number of hydrogen-bond donors (Lipinski definition) is 0. The van der Waals surface area contributed by atoms with Crippen LogP contribution in [0.2, 0.25) is 0 Å². The van der Waals surface area contributed by atoms with Crippen molar-refractivity contribution in [1.82, 2.24) is 30.0 Å². The average molecular weight is 666 g/mol. The molecule has 16 heteroatoms. The predicted octanol–water partition coefficient (Wildman–Crippen LogP) is 7.20. The predicted molar refractivity (Wildman–Crippen MR) is 152 cm³/mol. The molecule has 0 saturated carbocycles. The number of tetrazole rings is 1. The molecule has 1 aliphatic heterocycles. The van der Waals surface area contributed by atoms with Crippen LogP contribution in [0.4, 0.5) is 45.5 Å². The van der Waals surface area contributed by atoms with E-state index in [9.17, 15) is 39.5 Å². The molecule has 2 atom stereocenters. The van der Waals surface area contributed by atoms with Gasteiger partial charge in [-0.1, -0.05) is 25.0 Å². The molecule has 0 aliphatic carbocycles. The van der Waals surface area contributed by atoms with Crippen LogP contribution in [-0.4, -0.2) is 63.2 Å². The van der Waals surface area contributed by atoms with Gasteiger partial charge in [0.05, 0.1) is 23.7 Å². The Hall–Kier alpha value is -3.40. The number of benzene rings is 2. The molecule has 7 nitrogen and oxygen atoms in total. The summed E-state index contributed by atoms with van der Waals surface area (Å²) >= 11 is 0. The molecule has 1 aliphatic rings. The maximum absolute atomic E-state index is 13.9. The molecule has 254 valence electrons. The Balaban J connectivity index is 1.76. The van der Waals surface area contributed by atoms with E-state index in [0.717, 1.165) is 43.0 Å². The van der Waals surface area contributed by atoms with Gasteiger partial charge in [-0.05, 0) is 91.1 Å². The smallest absolute Gasteiger partial charge is 0.330 e. The van der Waals surface area contributed by atoms with Gasteiger partial charge in [-0.2, -0.15) is 44.3 Å².